The number of rotatable bonds is 1. The fourth-order valence-electron chi connectivity index (χ4n) is 1.20. The van der Waals surface area contributed by atoms with Gasteiger partial charge in [-0.3, -0.25) is 0 Å². The van der Waals surface area contributed by atoms with Crippen molar-refractivity contribution in [3.63, 3.8) is 0 Å². The molecule has 0 aromatic heterocycles. The molecular weight excluding hydrogens is 166 g/mol. The van der Waals surface area contributed by atoms with Gasteiger partial charge < -0.3 is 5.73 Å². The first-order valence-corrected chi connectivity index (χ1v) is 3.98. The molecule has 1 aliphatic rings. The van der Waals surface area contributed by atoms with E-state index in [0.717, 1.165) is 17.2 Å². The van der Waals surface area contributed by atoms with Crippen LogP contribution >= 0.6 is 0 Å². The molecule has 68 valence electrons. The molecule has 5 heteroatoms. The highest BCUT2D eigenvalue weighted by molar-refractivity contribution is 5.96. The van der Waals surface area contributed by atoms with Gasteiger partial charge in [-0.1, -0.05) is 6.07 Å². The van der Waals surface area contributed by atoms with Crippen LogP contribution in [-0.4, -0.2) is 5.84 Å². The van der Waals surface area contributed by atoms with E-state index >= 15 is 0 Å². The number of hydrazone groups is 1. The van der Waals surface area contributed by atoms with Gasteiger partial charge in [-0.25, -0.2) is 10.5 Å². The molecule has 0 aliphatic carbocycles. The summed E-state index contributed by atoms with van der Waals surface area (Å²) in [6.45, 7) is 1.90. The summed E-state index contributed by atoms with van der Waals surface area (Å²) in [5.41, 5.74) is 12.9. The van der Waals surface area contributed by atoms with Gasteiger partial charge in [0.1, 0.15) is 5.84 Å². The van der Waals surface area contributed by atoms with Gasteiger partial charge >= 0.3 is 0 Å². The van der Waals surface area contributed by atoms with Crippen LogP contribution < -0.4 is 21.8 Å². The van der Waals surface area contributed by atoms with Gasteiger partial charge in [0.2, 0.25) is 0 Å². The largest absolute Gasteiger partial charge is 0.399 e. The molecule has 0 amide bonds. The van der Waals surface area contributed by atoms with Crippen LogP contribution in [0.15, 0.2) is 29.4 Å². The lowest BCUT2D eigenvalue weighted by molar-refractivity contribution is 0.623. The molecule has 1 aromatic rings. The zero-order chi connectivity index (χ0) is 9.26. The number of nitrogens with one attached hydrogen (secondary N) is 2. The maximum absolute atomic E-state index is 5.66. The van der Waals surface area contributed by atoms with Crippen LogP contribution in [0.5, 0.6) is 0 Å². The molecule has 0 fully saturated rings. The molecule has 13 heavy (non-hydrogen) atoms. The van der Waals surface area contributed by atoms with Crippen LogP contribution in [-0.2, 0) is 0 Å². The summed E-state index contributed by atoms with van der Waals surface area (Å²) in [6, 6.07) is 7.58. The third-order valence-corrected chi connectivity index (χ3v) is 1.83. The number of nitrogens with two attached hydrogens (primary N) is 1. The summed E-state index contributed by atoms with van der Waals surface area (Å²) >= 11 is 0. The van der Waals surface area contributed by atoms with E-state index in [2.05, 4.69) is 16.2 Å². The Hall–Kier alpha value is -1.75. The van der Waals surface area contributed by atoms with Crippen molar-refractivity contribution in [1.82, 2.24) is 11.1 Å². The van der Waals surface area contributed by atoms with E-state index in [-0.39, 0.29) is 0 Å². The molecule has 1 heterocycles. The molecule has 0 saturated heterocycles. The number of amidine groups is 1. The van der Waals surface area contributed by atoms with E-state index in [0.29, 0.717) is 0 Å². The molecule has 0 saturated carbocycles. The van der Waals surface area contributed by atoms with Crippen LogP contribution in [0.25, 0.3) is 0 Å². The first-order chi connectivity index (χ1) is 6.27. The average molecular weight is 177 g/mol. The quantitative estimate of drug-likeness (QED) is 0.544. The molecule has 1 aliphatic heterocycles. The smallest absolute Gasteiger partial charge is 0.143 e. The number of benzene rings is 1. The number of anilines is 2. The van der Waals surface area contributed by atoms with E-state index in [9.17, 15) is 0 Å². The first kappa shape index (κ1) is 7.88. The predicted octanol–water partition coefficient (Wildman–Crippen LogP) is 0.431. The standard InChI is InChI=1S/C8H11N5/c1-6-10-11-12-13(6)8-4-2-3-7(9)5-8/h2-5,11-12H,9H2,1H3. The Kier molecular flexibility index (Phi) is 1.79. The number of nitrogen functional groups attached to an aromatic ring is 1. The lowest BCUT2D eigenvalue weighted by atomic mass is 10.3. The van der Waals surface area contributed by atoms with Crippen molar-refractivity contribution in [2.45, 2.75) is 6.92 Å². The maximum atomic E-state index is 5.66. The molecule has 0 radical (unpaired) electrons. The monoisotopic (exact) mass is 177 g/mol. The van der Waals surface area contributed by atoms with E-state index in [1.165, 1.54) is 0 Å². The third kappa shape index (κ3) is 1.41. The van der Waals surface area contributed by atoms with E-state index < -0.39 is 0 Å². The fraction of sp³-hybridized carbons (Fsp3) is 0.125. The summed E-state index contributed by atoms with van der Waals surface area (Å²) in [4.78, 5) is 0. The molecule has 4 N–H and O–H groups in total. The molecule has 0 bridgehead atoms. The Balaban J connectivity index is 2.30. The molecule has 5 nitrogen and oxygen atoms in total. The lowest BCUT2D eigenvalue weighted by Gasteiger charge is -2.16. The van der Waals surface area contributed by atoms with Crippen molar-refractivity contribution in [3.05, 3.63) is 24.3 Å². The minimum absolute atomic E-state index is 0.735. The van der Waals surface area contributed by atoms with Crippen LogP contribution in [0, 0.1) is 0 Å². The molecule has 2 rings (SSSR count). The highest BCUT2D eigenvalue weighted by Crippen LogP contribution is 2.16. The molecular formula is C8H11N5. The Morgan fingerprint density at radius 1 is 1.46 bits per heavy atom. The van der Waals surface area contributed by atoms with Crippen molar-refractivity contribution in [1.29, 1.82) is 0 Å². The second kappa shape index (κ2) is 2.95. The summed E-state index contributed by atoms with van der Waals surface area (Å²) in [5.74, 6) is 0.852. The Labute approximate surface area is 76.2 Å². The summed E-state index contributed by atoms with van der Waals surface area (Å²) in [7, 11) is 0. The fourth-order valence-corrected chi connectivity index (χ4v) is 1.20. The van der Waals surface area contributed by atoms with Crippen molar-refractivity contribution in [2.24, 2.45) is 5.10 Å². The summed E-state index contributed by atoms with van der Waals surface area (Å²) in [5, 5.41) is 5.78. The van der Waals surface area contributed by atoms with Crippen molar-refractivity contribution in [2.75, 3.05) is 10.7 Å². The van der Waals surface area contributed by atoms with Crippen LogP contribution in [0.4, 0.5) is 11.4 Å². The normalized spacial score (nSPS) is 15.5. The van der Waals surface area contributed by atoms with Crippen molar-refractivity contribution >= 4 is 17.2 Å². The molecule has 0 unspecified atom stereocenters. The first-order valence-electron chi connectivity index (χ1n) is 3.98. The van der Waals surface area contributed by atoms with Gasteiger partial charge in [-0.05, 0) is 25.1 Å². The van der Waals surface area contributed by atoms with Crippen LogP contribution in [0.2, 0.25) is 0 Å². The zero-order valence-corrected chi connectivity index (χ0v) is 7.28. The highest BCUT2D eigenvalue weighted by Gasteiger charge is 2.13. The highest BCUT2D eigenvalue weighted by atomic mass is 15.8. The summed E-state index contributed by atoms with van der Waals surface area (Å²) < 4.78 is 0. The van der Waals surface area contributed by atoms with Gasteiger partial charge in [0.05, 0.1) is 5.69 Å². The van der Waals surface area contributed by atoms with Gasteiger partial charge in [0.15, 0.2) is 0 Å². The average Bonchev–Trinajstić information content (AvgIpc) is 2.51. The Morgan fingerprint density at radius 3 is 2.92 bits per heavy atom. The second-order valence-corrected chi connectivity index (χ2v) is 2.81. The number of hydrogen-bond acceptors (Lipinski definition) is 5. The Morgan fingerprint density at radius 2 is 2.31 bits per heavy atom. The SMILES string of the molecule is CC1=NNNN1c1cccc(N)c1. The number of nitrogens with zero attached hydrogens (tertiary/aromatic N) is 2. The molecule has 1 aromatic carbocycles. The lowest BCUT2D eigenvalue weighted by Crippen LogP contribution is -2.40. The van der Waals surface area contributed by atoms with Gasteiger partial charge in [0.25, 0.3) is 0 Å². The number of hydrazine groups is 2. The summed E-state index contributed by atoms with van der Waals surface area (Å²) in [6.07, 6.45) is 0. The topological polar surface area (TPSA) is 65.7 Å². The van der Waals surface area contributed by atoms with E-state index in [4.69, 9.17) is 5.73 Å². The second-order valence-electron chi connectivity index (χ2n) is 2.81. The van der Waals surface area contributed by atoms with E-state index in [1.54, 1.807) is 0 Å². The number of hydrogen-bond donors (Lipinski definition) is 3. The molecule has 0 spiro atoms. The van der Waals surface area contributed by atoms with Gasteiger partial charge in [-0.2, -0.15) is 0 Å². The minimum Gasteiger partial charge on any atom is -0.399 e. The van der Waals surface area contributed by atoms with Crippen molar-refractivity contribution in [3.8, 4) is 0 Å². The predicted molar refractivity (Wildman–Crippen MR) is 52.7 cm³/mol. The third-order valence-electron chi connectivity index (χ3n) is 1.83. The van der Waals surface area contributed by atoms with Crippen LogP contribution in [0.3, 0.4) is 0 Å². The van der Waals surface area contributed by atoms with Gasteiger partial charge in [0, 0.05) is 5.69 Å². The van der Waals surface area contributed by atoms with Crippen LogP contribution in [0.1, 0.15) is 6.92 Å². The molecule has 0 atom stereocenters. The minimum atomic E-state index is 0.735. The maximum Gasteiger partial charge on any atom is 0.143 e. The van der Waals surface area contributed by atoms with Gasteiger partial charge in [-0.15, -0.1) is 10.6 Å². The Bertz CT molecular complexity index is 346. The van der Waals surface area contributed by atoms with Crippen molar-refractivity contribution < 1.29 is 0 Å². The zero-order valence-electron chi connectivity index (χ0n) is 7.28. The van der Waals surface area contributed by atoms with E-state index in [1.807, 2.05) is 36.2 Å².